The number of amides is 1. The zero-order chi connectivity index (χ0) is 19.9. The SMILES string of the molecule is Cc1ccc([C@H]2C[C@H](C(F)(F)F)n3ncc(C(=O)N4CCCCC4)c3N2)cc1. The van der Waals surface area contributed by atoms with E-state index in [2.05, 4.69) is 10.4 Å². The van der Waals surface area contributed by atoms with Gasteiger partial charge in [0, 0.05) is 19.5 Å². The van der Waals surface area contributed by atoms with Crippen molar-refractivity contribution in [3.05, 3.63) is 47.2 Å². The second-order valence-corrected chi connectivity index (χ2v) is 7.61. The van der Waals surface area contributed by atoms with Crippen LogP contribution in [0.4, 0.5) is 19.0 Å². The Morgan fingerprint density at radius 2 is 1.82 bits per heavy atom. The van der Waals surface area contributed by atoms with Gasteiger partial charge in [-0.1, -0.05) is 29.8 Å². The van der Waals surface area contributed by atoms with Gasteiger partial charge in [-0.15, -0.1) is 0 Å². The summed E-state index contributed by atoms with van der Waals surface area (Å²) in [6.07, 6.45) is -0.440. The molecule has 8 heteroatoms. The predicted molar refractivity (Wildman–Crippen MR) is 99.2 cm³/mol. The Bertz CT molecular complexity index is 853. The van der Waals surface area contributed by atoms with Gasteiger partial charge in [-0.05, 0) is 31.7 Å². The van der Waals surface area contributed by atoms with Crippen LogP contribution < -0.4 is 5.32 Å². The third kappa shape index (κ3) is 3.47. The summed E-state index contributed by atoms with van der Waals surface area (Å²) in [6, 6.07) is 5.12. The van der Waals surface area contributed by atoms with Crippen LogP contribution in [-0.2, 0) is 0 Å². The number of hydrogen-bond donors (Lipinski definition) is 1. The number of hydrogen-bond acceptors (Lipinski definition) is 3. The van der Waals surface area contributed by atoms with Crippen LogP contribution >= 0.6 is 0 Å². The number of likely N-dealkylation sites (tertiary alicyclic amines) is 1. The molecule has 2 aliphatic heterocycles. The Morgan fingerprint density at radius 3 is 2.46 bits per heavy atom. The monoisotopic (exact) mass is 392 g/mol. The number of anilines is 1. The van der Waals surface area contributed by atoms with Crippen molar-refractivity contribution in [3.8, 4) is 0 Å². The molecule has 1 fully saturated rings. The van der Waals surface area contributed by atoms with Crippen LogP contribution in [0.15, 0.2) is 30.5 Å². The van der Waals surface area contributed by atoms with E-state index in [1.807, 2.05) is 31.2 Å². The average molecular weight is 392 g/mol. The first kappa shape index (κ1) is 18.8. The first-order valence-corrected chi connectivity index (χ1v) is 9.61. The minimum atomic E-state index is -4.45. The normalized spacial score (nSPS) is 22.5. The van der Waals surface area contributed by atoms with Crippen LogP contribution in [0, 0.1) is 6.92 Å². The fraction of sp³-hybridized carbons (Fsp3) is 0.500. The van der Waals surface area contributed by atoms with Crippen molar-refractivity contribution >= 4 is 11.7 Å². The van der Waals surface area contributed by atoms with Crippen LogP contribution in [-0.4, -0.2) is 39.9 Å². The molecule has 0 saturated carbocycles. The van der Waals surface area contributed by atoms with Gasteiger partial charge in [-0.2, -0.15) is 18.3 Å². The zero-order valence-electron chi connectivity index (χ0n) is 15.7. The smallest absolute Gasteiger partial charge is 0.363 e. The maximum atomic E-state index is 13.8. The Kier molecular flexibility index (Phi) is 4.81. The highest BCUT2D eigenvalue weighted by Gasteiger charge is 2.47. The Labute approximate surface area is 161 Å². The first-order chi connectivity index (χ1) is 13.3. The van der Waals surface area contributed by atoms with Crippen molar-refractivity contribution in [3.63, 3.8) is 0 Å². The fourth-order valence-corrected chi connectivity index (χ4v) is 4.00. The van der Waals surface area contributed by atoms with Gasteiger partial charge in [0.25, 0.3) is 5.91 Å². The molecular weight excluding hydrogens is 369 g/mol. The number of benzene rings is 1. The molecule has 5 nitrogen and oxygen atoms in total. The summed E-state index contributed by atoms with van der Waals surface area (Å²) < 4.78 is 42.2. The summed E-state index contributed by atoms with van der Waals surface area (Å²) >= 11 is 0. The van der Waals surface area contributed by atoms with Gasteiger partial charge in [0.15, 0.2) is 6.04 Å². The van der Waals surface area contributed by atoms with E-state index >= 15 is 0 Å². The molecule has 2 aliphatic rings. The van der Waals surface area contributed by atoms with Gasteiger partial charge < -0.3 is 10.2 Å². The Balaban J connectivity index is 1.70. The van der Waals surface area contributed by atoms with Crippen LogP contribution in [0.25, 0.3) is 0 Å². The molecule has 3 heterocycles. The van der Waals surface area contributed by atoms with Crippen molar-refractivity contribution in [2.24, 2.45) is 0 Å². The predicted octanol–water partition coefficient (Wildman–Crippen LogP) is 4.48. The van der Waals surface area contributed by atoms with Crippen LogP contribution in [0.5, 0.6) is 0 Å². The summed E-state index contributed by atoms with van der Waals surface area (Å²) in [7, 11) is 0. The van der Waals surface area contributed by atoms with Crippen molar-refractivity contribution in [1.82, 2.24) is 14.7 Å². The molecule has 2 atom stereocenters. The number of nitrogens with one attached hydrogen (secondary N) is 1. The van der Waals surface area contributed by atoms with E-state index in [0.29, 0.717) is 13.1 Å². The van der Waals surface area contributed by atoms with Crippen LogP contribution in [0.3, 0.4) is 0 Å². The van der Waals surface area contributed by atoms with E-state index in [9.17, 15) is 18.0 Å². The molecule has 4 rings (SSSR count). The van der Waals surface area contributed by atoms with E-state index < -0.39 is 18.3 Å². The molecule has 0 spiro atoms. The molecule has 1 aromatic carbocycles. The number of halogens is 3. The molecule has 0 aliphatic carbocycles. The van der Waals surface area contributed by atoms with Crippen molar-refractivity contribution in [2.75, 3.05) is 18.4 Å². The highest BCUT2D eigenvalue weighted by molar-refractivity contribution is 5.99. The molecule has 2 aromatic rings. The van der Waals surface area contributed by atoms with E-state index in [0.717, 1.165) is 35.1 Å². The number of nitrogens with zero attached hydrogens (tertiary/aromatic N) is 3. The quantitative estimate of drug-likeness (QED) is 0.820. The highest BCUT2D eigenvalue weighted by Crippen LogP contribution is 2.44. The summed E-state index contributed by atoms with van der Waals surface area (Å²) in [5, 5.41) is 7.11. The first-order valence-electron chi connectivity index (χ1n) is 9.61. The van der Waals surface area contributed by atoms with Crippen molar-refractivity contribution < 1.29 is 18.0 Å². The van der Waals surface area contributed by atoms with Crippen LogP contribution in [0.2, 0.25) is 0 Å². The summed E-state index contributed by atoms with van der Waals surface area (Å²) in [6.45, 7) is 3.20. The lowest BCUT2D eigenvalue weighted by atomic mass is 9.96. The van der Waals surface area contributed by atoms with E-state index in [1.165, 1.54) is 6.20 Å². The number of piperidine rings is 1. The molecule has 150 valence electrons. The highest BCUT2D eigenvalue weighted by atomic mass is 19.4. The number of alkyl halides is 3. The van der Waals surface area contributed by atoms with Crippen LogP contribution in [0.1, 0.15) is 59.3 Å². The minimum Gasteiger partial charge on any atom is -0.363 e. The molecule has 0 radical (unpaired) electrons. The zero-order valence-corrected chi connectivity index (χ0v) is 15.7. The maximum Gasteiger partial charge on any atom is 0.410 e. The minimum absolute atomic E-state index is 0.162. The van der Waals surface area contributed by atoms with E-state index in [1.54, 1.807) is 4.90 Å². The number of aromatic nitrogens is 2. The molecule has 1 N–H and O–H groups in total. The van der Waals surface area contributed by atoms with Gasteiger partial charge in [0.2, 0.25) is 0 Å². The van der Waals surface area contributed by atoms with E-state index in [-0.39, 0.29) is 23.7 Å². The lowest BCUT2D eigenvalue weighted by Gasteiger charge is -2.34. The lowest BCUT2D eigenvalue weighted by Crippen LogP contribution is -2.38. The number of rotatable bonds is 2. The number of carbonyl (C=O) groups is 1. The molecule has 28 heavy (non-hydrogen) atoms. The molecule has 0 bridgehead atoms. The molecule has 1 aromatic heterocycles. The molecular formula is C20H23F3N4O. The summed E-state index contributed by atoms with van der Waals surface area (Å²) in [5.74, 6) is -0.0892. The topological polar surface area (TPSA) is 50.2 Å². The van der Waals surface area contributed by atoms with E-state index in [4.69, 9.17) is 0 Å². The maximum absolute atomic E-state index is 13.8. The second-order valence-electron chi connectivity index (χ2n) is 7.61. The van der Waals surface area contributed by atoms with Gasteiger partial charge in [0.1, 0.15) is 11.4 Å². The van der Waals surface area contributed by atoms with Gasteiger partial charge in [-0.3, -0.25) is 4.79 Å². The third-order valence-corrected chi connectivity index (χ3v) is 5.59. The van der Waals surface area contributed by atoms with Gasteiger partial charge >= 0.3 is 6.18 Å². The Hall–Kier alpha value is -2.51. The molecule has 0 unspecified atom stereocenters. The average Bonchev–Trinajstić information content (AvgIpc) is 3.11. The number of aryl methyl sites for hydroxylation is 1. The van der Waals surface area contributed by atoms with Crippen molar-refractivity contribution in [1.29, 1.82) is 0 Å². The summed E-state index contributed by atoms with van der Waals surface area (Å²) in [5.41, 5.74) is 2.02. The van der Waals surface area contributed by atoms with Gasteiger partial charge in [-0.25, -0.2) is 4.68 Å². The van der Waals surface area contributed by atoms with Crippen molar-refractivity contribution in [2.45, 2.75) is 50.9 Å². The standard InChI is InChI=1S/C20H23F3N4O/c1-13-5-7-14(8-6-13)16-11-17(20(21,22)23)27-18(25-16)15(12-24-27)19(28)26-9-3-2-4-10-26/h5-8,12,16-17,25H,2-4,9-11H2,1H3/t16-,17-/m1/s1. The third-order valence-electron chi connectivity index (χ3n) is 5.59. The number of fused-ring (bicyclic) bond motifs is 1. The second kappa shape index (κ2) is 7.14. The number of carbonyl (C=O) groups excluding carboxylic acids is 1. The fourth-order valence-electron chi connectivity index (χ4n) is 4.00. The van der Waals surface area contributed by atoms with Gasteiger partial charge in [0.05, 0.1) is 12.2 Å². The summed E-state index contributed by atoms with van der Waals surface area (Å²) in [4.78, 5) is 14.6. The molecule has 1 saturated heterocycles. The molecule has 1 amide bonds. The Morgan fingerprint density at radius 1 is 1.14 bits per heavy atom. The largest absolute Gasteiger partial charge is 0.410 e. The lowest BCUT2D eigenvalue weighted by molar-refractivity contribution is -0.173.